The first-order valence-corrected chi connectivity index (χ1v) is 5.71. The number of fused-ring (bicyclic) bond motifs is 1. The van der Waals surface area contributed by atoms with E-state index < -0.39 is 0 Å². The maximum atomic E-state index is 5.25. The van der Waals surface area contributed by atoms with Crippen LogP contribution in [-0.4, -0.2) is 23.2 Å². The van der Waals surface area contributed by atoms with Crippen LogP contribution in [0.4, 0.5) is 11.7 Å². The van der Waals surface area contributed by atoms with Gasteiger partial charge in [-0.25, -0.2) is 0 Å². The maximum absolute atomic E-state index is 5.25. The average Bonchev–Trinajstić information content (AvgIpc) is 2.66. The van der Waals surface area contributed by atoms with Crippen LogP contribution in [0.2, 0.25) is 0 Å². The zero-order valence-electron chi connectivity index (χ0n) is 9.68. The van der Waals surface area contributed by atoms with Crippen molar-refractivity contribution in [2.75, 3.05) is 18.0 Å². The van der Waals surface area contributed by atoms with E-state index in [0.717, 1.165) is 25.3 Å². The van der Waals surface area contributed by atoms with E-state index in [1.165, 1.54) is 5.56 Å². The molecule has 0 bridgehead atoms. The molecule has 2 aromatic rings. The SMILES string of the molecule is Cc1noc(N2CCNCc3ccccc32)n1. The smallest absolute Gasteiger partial charge is 0.315 e. The molecule has 0 radical (unpaired) electrons. The summed E-state index contributed by atoms with van der Waals surface area (Å²) in [6.45, 7) is 4.43. The molecule has 5 nitrogen and oxygen atoms in total. The van der Waals surface area contributed by atoms with Crippen LogP contribution in [-0.2, 0) is 6.54 Å². The molecule has 3 rings (SSSR count). The van der Waals surface area contributed by atoms with Crippen molar-refractivity contribution in [2.24, 2.45) is 0 Å². The fraction of sp³-hybridized carbons (Fsp3) is 0.333. The summed E-state index contributed by atoms with van der Waals surface area (Å²) in [5, 5.41) is 7.23. The molecule has 2 heterocycles. The van der Waals surface area contributed by atoms with Crippen molar-refractivity contribution >= 4 is 11.7 Å². The van der Waals surface area contributed by atoms with E-state index in [2.05, 4.69) is 32.5 Å². The minimum Gasteiger partial charge on any atom is -0.315 e. The Balaban J connectivity index is 2.05. The Morgan fingerprint density at radius 1 is 1.35 bits per heavy atom. The van der Waals surface area contributed by atoms with E-state index in [0.29, 0.717) is 11.8 Å². The quantitative estimate of drug-likeness (QED) is 0.806. The molecule has 5 heteroatoms. The van der Waals surface area contributed by atoms with Crippen LogP contribution < -0.4 is 10.2 Å². The molecule has 1 aliphatic rings. The van der Waals surface area contributed by atoms with Gasteiger partial charge in [-0.1, -0.05) is 23.4 Å². The first-order valence-electron chi connectivity index (χ1n) is 5.71. The molecule has 0 saturated heterocycles. The lowest BCUT2D eigenvalue weighted by molar-refractivity contribution is 0.416. The van der Waals surface area contributed by atoms with Crippen molar-refractivity contribution < 1.29 is 4.52 Å². The summed E-state index contributed by atoms with van der Waals surface area (Å²) in [6.07, 6.45) is 0. The van der Waals surface area contributed by atoms with Gasteiger partial charge in [-0.15, -0.1) is 0 Å². The normalized spacial score (nSPS) is 15.5. The Morgan fingerprint density at radius 2 is 2.24 bits per heavy atom. The molecule has 0 saturated carbocycles. The summed E-state index contributed by atoms with van der Waals surface area (Å²) < 4.78 is 5.25. The average molecular weight is 230 g/mol. The zero-order valence-corrected chi connectivity index (χ0v) is 9.68. The van der Waals surface area contributed by atoms with Gasteiger partial charge in [-0.2, -0.15) is 4.98 Å². The number of rotatable bonds is 1. The van der Waals surface area contributed by atoms with E-state index in [-0.39, 0.29) is 0 Å². The van der Waals surface area contributed by atoms with Gasteiger partial charge in [0.1, 0.15) is 0 Å². The molecular weight excluding hydrogens is 216 g/mol. The first kappa shape index (κ1) is 10.3. The van der Waals surface area contributed by atoms with E-state index in [4.69, 9.17) is 4.52 Å². The lowest BCUT2D eigenvalue weighted by Gasteiger charge is -2.19. The van der Waals surface area contributed by atoms with Crippen molar-refractivity contribution in [3.05, 3.63) is 35.7 Å². The van der Waals surface area contributed by atoms with Gasteiger partial charge in [-0.3, -0.25) is 4.90 Å². The Hall–Kier alpha value is -1.88. The largest absolute Gasteiger partial charge is 0.328 e. The fourth-order valence-electron chi connectivity index (χ4n) is 2.05. The Bertz CT molecular complexity index is 523. The van der Waals surface area contributed by atoms with Gasteiger partial charge >= 0.3 is 6.01 Å². The molecule has 0 fully saturated rings. The van der Waals surface area contributed by atoms with Gasteiger partial charge in [0.25, 0.3) is 0 Å². The van der Waals surface area contributed by atoms with Crippen LogP contribution in [0.3, 0.4) is 0 Å². The number of hydrogen-bond donors (Lipinski definition) is 1. The van der Waals surface area contributed by atoms with Gasteiger partial charge in [0.05, 0.1) is 0 Å². The van der Waals surface area contributed by atoms with Crippen LogP contribution in [0.5, 0.6) is 0 Å². The number of aryl methyl sites for hydroxylation is 1. The first-order chi connectivity index (χ1) is 8.34. The Labute approximate surface area is 99.4 Å². The third kappa shape index (κ3) is 1.89. The summed E-state index contributed by atoms with van der Waals surface area (Å²) in [6, 6.07) is 8.84. The van der Waals surface area contributed by atoms with E-state index >= 15 is 0 Å². The summed E-state index contributed by atoms with van der Waals surface area (Å²) in [5.41, 5.74) is 2.39. The molecule has 1 aromatic heterocycles. The molecule has 0 unspecified atom stereocenters. The van der Waals surface area contributed by atoms with Crippen LogP contribution in [0.15, 0.2) is 28.8 Å². The Kier molecular flexibility index (Phi) is 2.53. The number of anilines is 2. The topological polar surface area (TPSA) is 54.2 Å². The molecular formula is C12H14N4O. The predicted octanol–water partition coefficient (Wildman–Crippen LogP) is 1.62. The highest BCUT2D eigenvalue weighted by Gasteiger charge is 2.20. The molecule has 0 atom stereocenters. The maximum Gasteiger partial charge on any atom is 0.328 e. The zero-order chi connectivity index (χ0) is 11.7. The third-order valence-corrected chi connectivity index (χ3v) is 2.86. The summed E-state index contributed by atoms with van der Waals surface area (Å²) in [5.74, 6) is 0.662. The van der Waals surface area contributed by atoms with E-state index in [1.54, 1.807) is 0 Å². The van der Waals surface area contributed by atoms with E-state index in [1.807, 2.05) is 19.1 Å². The predicted molar refractivity (Wildman–Crippen MR) is 64.2 cm³/mol. The van der Waals surface area contributed by atoms with Gasteiger partial charge in [0, 0.05) is 25.3 Å². The monoisotopic (exact) mass is 230 g/mol. The highest BCUT2D eigenvalue weighted by atomic mass is 16.5. The van der Waals surface area contributed by atoms with Crippen molar-refractivity contribution in [2.45, 2.75) is 13.5 Å². The Morgan fingerprint density at radius 3 is 3.06 bits per heavy atom. The van der Waals surface area contributed by atoms with Crippen molar-refractivity contribution in [1.29, 1.82) is 0 Å². The molecule has 1 aromatic carbocycles. The molecule has 0 amide bonds. The van der Waals surface area contributed by atoms with Gasteiger partial charge in [0.2, 0.25) is 0 Å². The second kappa shape index (κ2) is 4.18. The fourth-order valence-corrected chi connectivity index (χ4v) is 2.05. The standard InChI is InChI=1S/C12H14N4O/c1-9-14-12(17-15-9)16-7-6-13-8-10-4-2-3-5-11(10)16/h2-5,13H,6-8H2,1H3. The number of nitrogens with zero attached hydrogens (tertiary/aromatic N) is 3. The van der Waals surface area contributed by atoms with Gasteiger partial charge in [-0.05, 0) is 18.6 Å². The van der Waals surface area contributed by atoms with Gasteiger partial charge < -0.3 is 9.84 Å². The van der Waals surface area contributed by atoms with E-state index in [9.17, 15) is 0 Å². The van der Waals surface area contributed by atoms with Gasteiger partial charge in [0.15, 0.2) is 5.82 Å². The number of hydrogen-bond acceptors (Lipinski definition) is 5. The van der Waals surface area contributed by atoms with Crippen molar-refractivity contribution in [3.63, 3.8) is 0 Å². The minimum absolute atomic E-state index is 0.568. The number of aromatic nitrogens is 2. The highest BCUT2D eigenvalue weighted by molar-refractivity contribution is 5.61. The van der Waals surface area contributed by atoms with Crippen LogP contribution in [0, 0.1) is 6.92 Å². The molecule has 1 aliphatic heterocycles. The molecule has 0 aliphatic carbocycles. The number of nitrogens with one attached hydrogen (secondary N) is 1. The van der Waals surface area contributed by atoms with Crippen LogP contribution >= 0.6 is 0 Å². The van der Waals surface area contributed by atoms with Crippen LogP contribution in [0.25, 0.3) is 0 Å². The molecule has 17 heavy (non-hydrogen) atoms. The second-order valence-electron chi connectivity index (χ2n) is 4.08. The number of para-hydroxylation sites is 1. The van der Waals surface area contributed by atoms with Crippen LogP contribution in [0.1, 0.15) is 11.4 Å². The minimum atomic E-state index is 0.568. The third-order valence-electron chi connectivity index (χ3n) is 2.86. The second-order valence-corrected chi connectivity index (χ2v) is 4.08. The molecule has 0 spiro atoms. The summed E-state index contributed by atoms with van der Waals surface area (Å²) in [7, 11) is 0. The van der Waals surface area contributed by atoms with Crippen molar-refractivity contribution in [3.8, 4) is 0 Å². The molecule has 1 N–H and O–H groups in total. The van der Waals surface area contributed by atoms with Crippen molar-refractivity contribution in [1.82, 2.24) is 15.5 Å². The summed E-state index contributed by atoms with van der Waals surface area (Å²) in [4.78, 5) is 6.36. The molecule has 88 valence electrons. The lowest BCUT2D eigenvalue weighted by Crippen LogP contribution is -2.24. The summed E-state index contributed by atoms with van der Waals surface area (Å²) >= 11 is 0. The highest BCUT2D eigenvalue weighted by Crippen LogP contribution is 2.28. The number of benzene rings is 1. The lowest BCUT2D eigenvalue weighted by atomic mass is 10.1.